The first-order valence-electron chi connectivity index (χ1n) is 10.7. The molecular formula is C26H20BrClN2O5. The molecule has 0 atom stereocenters. The highest BCUT2D eigenvalue weighted by Crippen LogP contribution is 2.29. The standard InChI is InChI=1S/C26H20BrClN2O5/c1-2-34-23-12-5-17(14-22(23)27)13-21-24(31)29-26(33)30(25(21)32)19-8-10-20(11-9-19)35-15-16-3-6-18(28)7-4-16/h3-14H,2,15H2,1H3,(H,29,31,33)/b21-13+. The molecule has 0 aliphatic carbocycles. The van der Waals surface area contributed by atoms with Crippen LogP contribution in [0.3, 0.4) is 0 Å². The predicted octanol–water partition coefficient (Wildman–Crippen LogP) is 5.75. The van der Waals surface area contributed by atoms with Crippen molar-refractivity contribution in [3.05, 3.63) is 92.9 Å². The van der Waals surface area contributed by atoms with Crippen molar-refractivity contribution in [2.45, 2.75) is 13.5 Å². The van der Waals surface area contributed by atoms with E-state index < -0.39 is 17.8 Å². The number of hydrogen-bond acceptors (Lipinski definition) is 5. The SMILES string of the molecule is CCOc1ccc(/C=C2\C(=O)NC(=O)N(c3ccc(OCc4ccc(Cl)cc4)cc3)C2=O)cc1Br. The lowest BCUT2D eigenvalue weighted by Crippen LogP contribution is -2.54. The van der Waals surface area contributed by atoms with Gasteiger partial charge >= 0.3 is 6.03 Å². The molecule has 0 spiro atoms. The number of benzene rings is 3. The van der Waals surface area contributed by atoms with E-state index in [0.717, 1.165) is 10.5 Å². The van der Waals surface area contributed by atoms with Crippen molar-refractivity contribution in [2.24, 2.45) is 0 Å². The van der Waals surface area contributed by atoms with Crippen LogP contribution in [0, 0.1) is 0 Å². The van der Waals surface area contributed by atoms with Crippen molar-refractivity contribution in [3.63, 3.8) is 0 Å². The van der Waals surface area contributed by atoms with Crippen LogP contribution in [0.25, 0.3) is 6.08 Å². The molecule has 0 radical (unpaired) electrons. The zero-order valence-corrected chi connectivity index (χ0v) is 20.9. The number of rotatable bonds is 7. The van der Waals surface area contributed by atoms with E-state index in [-0.39, 0.29) is 5.57 Å². The Labute approximate surface area is 215 Å². The fourth-order valence-electron chi connectivity index (χ4n) is 3.38. The van der Waals surface area contributed by atoms with Crippen LogP contribution in [0.5, 0.6) is 11.5 Å². The number of carbonyl (C=O) groups is 3. The van der Waals surface area contributed by atoms with Crippen LogP contribution >= 0.6 is 27.5 Å². The summed E-state index contributed by atoms with van der Waals surface area (Å²) in [4.78, 5) is 39.0. The fourth-order valence-corrected chi connectivity index (χ4v) is 4.01. The summed E-state index contributed by atoms with van der Waals surface area (Å²) in [6.07, 6.45) is 1.43. The molecule has 0 saturated carbocycles. The maximum absolute atomic E-state index is 13.1. The minimum atomic E-state index is -0.820. The quantitative estimate of drug-likeness (QED) is 0.297. The van der Waals surface area contributed by atoms with Crippen LogP contribution < -0.4 is 19.7 Å². The van der Waals surface area contributed by atoms with Gasteiger partial charge in [0.25, 0.3) is 11.8 Å². The molecular weight excluding hydrogens is 536 g/mol. The summed E-state index contributed by atoms with van der Waals surface area (Å²) in [7, 11) is 0. The van der Waals surface area contributed by atoms with Gasteiger partial charge in [0, 0.05) is 5.02 Å². The summed E-state index contributed by atoms with van der Waals surface area (Å²) >= 11 is 9.31. The molecule has 0 unspecified atom stereocenters. The first-order valence-corrected chi connectivity index (χ1v) is 11.8. The Bertz CT molecular complexity index is 1310. The molecule has 1 fully saturated rings. The van der Waals surface area contributed by atoms with Gasteiger partial charge in [-0.3, -0.25) is 14.9 Å². The van der Waals surface area contributed by atoms with Gasteiger partial charge in [-0.2, -0.15) is 0 Å². The number of carbonyl (C=O) groups excluding carboxylic acids is 3. The molecule has 1 saturated heterocycles. The Kier molecular flexibility index (Phi) is 7.53. The van der Waals surface area contributed by atoms with E-state index in [0.29, 0.717) is 45.5 Å². The second kappa shape index (κ2) is 10.8. The van der Waals surface area contributed by atoms with E-state index in [1.54, 1.807) is 54.6 Å². The molecule has 1 aliphatic heterocycles. The largest absolute Gasteiger partial charge is 0.493 e. The number of ether oxygens (including phenoxy) is 2. The van der Waals surface area contributed by atoms with E-state index >= 15 is 0 Å². The monoisotopic (exact) mass is 554 g/mol. The minimum Gasteiger partial charge on any atom is -0.493 e. The van der Waals surface area contributed by atoms with Gasteiger partial charge in [0.2, 0.25) is 0 Å². The van der Waals surface area contributed by atoms with Crippen molar-refractivity contribution >= 4 is 57.1 Å². The first-order chi connectivity index (χ1) is 16.9. The highest BCUT2D eigenvalue weighted by atomic mass is 79.9. The van der Waals surface area contributed by atoms with Gasteiger partial charge in [-0.1, -0.05) is 29.8 Å². The summed E-state index contributed by atoms with van der Waals surface area (Å²) < 4.78 is 11.9. The molecule has 4 rings (SSSR count). The molecule has 1 aliphatic rings. The van der Waals surface area contributed by atoms with Crippen LogP contribution in [0.2, 0.25) is 5.02 Å². The maximum Gasteiger partial charge on any atom is 0.335 e. The lowest BCUT2D eigenvalue weighted by atomic mass is 10.1. The van der Waals surface area contributed by atoms with Gasteiger partial charge in [0.1, 0.15) is 23.7 Å². The van der Waals surface area contributed by atoms with E-state index in [1.165, 1.54) is 6.08 Å². The van der Waals surface area contributed by atoms with Crippen molar-refractivity contribution in [1.82, 2.24) is 5.32 Å². The van der Waals surface area contributed by atoms with E-state index in [2.05, 4.69) is 21.2 Å². The third-order valence-corrected chi connectivity index (χ3v) is 5.95. The van der Waals surface area contributed by atoms with E-state index in [9.17, 15) is 14.4 Å². The smallest absolute Gasteiger partial charge is 0.335 e. The number of anilines is 1. The maximum atomic E-state index is 13.1. The first kappa shape index (κ1) is 24.5. The highest BCUT2D eigenvalue weighted by Gasteiger charge is 2.36. The number of halogens is 2. The van der Waals surface area contributed by atoms with Crippen LogP contribution in [-0.4, -0.2) is 24.5 Å². The number of amides is 4. The van der Waals surface area contributed by atoms with Crippen LogP contribution in [0.15, 0.2) is 76.8 Å². The number of nitrogens with zero attached hydrogens (tertiary/aromatic N) is 1. The number of imide groups is 2. The average molecular weight is 556 g/mol. The average Bonchev–Trinajstić information content (AvgIpc) is 2.84. The fraction of sp³-hybridized carbons (Fsp3) is 0.115. The Morgan fingerprint density at radius 3 is 2.34 bits per heavy atom. The Morgan fingerprint density at radius 1 is 0.971 bits per heavy atom. The van der Waals surface area contributed by atoms with Gasteiger partial charge in [-0.25, -0.2) is 9.69 Å². The summed E-state index contributed by atoms with van der Waals surface area (Å²) in [6, 6.07) is 18.1. The summed E-state index contributed by atoms with van der Waals surface area (Å²) in [6.45, 7) is 2.71. The van der Waals surface area contributed by atoms with Crippen molar-refractivity contribution in [3.8, 4) is 11.5 Å². The predicted molar refractivity (Wildman–Crippen MR) is 137 cm³/mol. The van der Waals surface area contributed by atoms with Crippen molar-refractivity contribution < 1.29 is 23.9 Å². The third-order valence-electron chi connectivity index (χ3n) is 5.08. The normalized spacial score (nSPS) is 14.8. The molecule has 7 nitrogen and oxygen atoms in total. The summed E-state index contributed by atoms with van der Waals surface area (Å²) in [5.41, 5.74) is 1.68. The van der Waals surface area contributed by atoms with Gasteiger partial charge < -0.3 is 9.47 Å². The zero-order chi connectivity index (χ0) is 24.9. The Balaban J connectivity index is 1.52. The van der Waals surface area contributed by atoms with Crippen LogP contribution in [0.1, 0.15) is 18.1 Å². The number of nitrogens with one attached hydrogen (secondary N) is 1. The number of hydrogen-bond donors (Lipinski definition) is 1. The molecule has 35 heavy (non-hydrogen) atoms. The lowest BCUT2D eigenvalue weighted by Gasteiger charge is -2.26. The Morgan fingerprint density at radius 2 is 1.69 bits per heavy atom. The van der Waals surface area contributed by atoms with Gasteiger partial charge in [0.15, 0.2) is 0 Å². The number of barbiturate groups is 1. The van der Waals surface area contributed by atoms with Gasteiger partial charge in [-0.05, 0) is 88.6 Å². The highest BCUT2D eigenvalue weighted by molar-refractivity contribution is 9.10. The third kappa shape index (κ3) is 5.72. The minimum absolute atomic E-state index is 0.163. The lowest BCUT2D eigenvalue weighted by molar-refractivity contribution is -0.122. The van der Waals surface area contributed by atoms with Crippen molar-refractivity contribution in [2.75, 3.05) is 11.5 Å². The molecule has 178 valence electrons. The van der Waals surface area contributed by atoms with E-state index in [1.807, 2.05) is 19.1 Å². The molecule has 1 N–H and O–H groups in total. The molecule has 3 aromatic carbocycles. The van der Waals surface area contributed by atoms with E-state index in [4.69, 9.17) is 21.1 Å². The summed E-state index contributed by atoms with van der Waals surface area (Å²) in [5, 5.41) is 2.86. The second-order valence-corrected chi connectivity index (χ2v) is 8.78. The van der Waals surface area contributed by atoms with Crippen LogP contribution in [-0.2, 0) is 16.2 Å². The number of urea groups is 1. The molecule has 1 heterocycles. The van der Waals surface area contributed by atoms with Gasteiger partial charge in [-0.15, -0.1) is 0 Å². The topological polar surface area (TPSA) is 84.9 Å². The van der Waals surface area contributed by atoms with Crippen LogP contribution in [0.4, 0.5) is 10.5 Å². The van der Waals surface area contributed by atoms with Gasteiger partial charge in [0.05, 0.1) is 16.8 Å². The Hall–Kier alpha value is -3.62. The molecule has 0 aromatic heterocycles. The molecule has 0 bridgehead atoms. The zero-order valence-electron chi connectivity index (χ0n) is 18.6. The molecule has 3 aromatic rings. The van der Waals surface area contributed by atoms with Crippen molar-refractivity contribution in [1.29, 1.82) is 0 Å². The summed E-state index contributed by atoms with van der Waals surface area (Å²) in [5.74, 6) is -0.286. The molecule has 4 amide bonds. The second-order valence-electron chi connectivity index (χ2n) is 7.49. The molecule has 9 heteroatoms.